The van der Waals surface area contributed by atoms with Crippen LogP contribution >= 0.6 is 60.2 Å². The second-order valence-electron chi connectivity index (χ2n) is 5.02. The fraction of sp³-hybridized carbons (Fsp3) is 0.538. The summed E-state index contributed by atoms with van der Waals surface area (Å²) in [6.45, 7) is 0.773. The molecule has 1 aromatic carbocycles. The fourth-order valence-corrected chi connectivity index (χ4v) is 5.09. The van der Waals surface area contributed by atoms with Crippen LogP contribution in [0, 0.1) is 0 Å². The van der Waals surface area contributed by atoms with E-state index in [0.29, 0.717) is 35.1 Å². The monoisotopic (exact) mass is 542 g/mol. The summed E-state index contributed by atoms with van der Waals surface area (Å²) in [6, 6.07) is 0.181. The Bertz CT molecular complexity index is 561. The number of halogens is 6. The Morgan fingerprint density at radius 3 is 2.30 bits per heavy atom. The Labute approximate surface area is 164 Å². The SMILES string of the molecule is Cl.OCC(F)(F)[C@@H](c1c(Br)cc(Br)c(O)c1Br)N1CCNCC1. The molecule has 1 aliphatic heterocycles. The highest BCUT2D eigenvalue weighted by molar-refractivity contribution is 9.11. The molecule has 0 spiro atoms. The van der Waals surface area contributed by atoms with Crippen molar-refractivity contribution in [2.75, 3.05) is 32.8 Å². The zero-order chi connectivity index (χ0) is 16.5. The van der Waals surface area contributed by atoms with E-state index in [1.807, 2.05) is 0 Å². The molecule has 1 fully saturated rings. The smallest absolute Gasteiger partial charge is 0.289 e. The van der Waals surface area contributed by atoms with E-state index in [1.54, 1.807) is 4.90 Å². The summed E-state index contributed by atoms with van der Waals surface area (Å²) in [5.41, 5.74) is 0.224. The molecule has 0 aliphatic carbocycles. The number of phenolic OH excluding ortho intramolecular Hbond substituents is 1. The van der Waals surface area contributed by atoms with Gasteiger partial charge in [-0.1, -0.05) is 15.9 Å². The van der Waals surface area contributed by atoms with E-state index in [-0.39, 0.29) is 28.2 Å². The van der Waals surface area contributed by atoms with Crippen molar-refractivity contribution in [3.8, 4) is 5.75 Å². The number of hydrogen-bond donors (Lipinski definition) is 3. The molecular weight excluding hydrogens is 529 g/mol. The van der Waals surface area contributed by atoms with Gasteiger partial charge in [-0.05, 0) is 37.9 Å². The fourth-order valence-electron chi connectivity index (χ4n) is 2.53. The predicted octanol–water partition coefficient (Wildman–Crippen LogP) is 3.68. The van der Waals surface area contributed by atoms with E-state index in [9.17, 15) is 13.9 Å². The molecule has 4 nitrogen and oxygen atoms in total. The second kappa shape index (κ2) is 8.73. The number of benzene rings is 1. The summed E-state index contributed by atoms with van der Waals surface area (Å²) in [5, 5.41) is 22.3. The zero-order valence-corrected chi connectivity index (χ0v) is 17.4. The number of aliphatic hydroxyl groups is 1. The third-order valence-electron chi connectivity index (χ3n) is 3.58. The van der Waals surface area contributed by atoms with Crippen molar-refractivity contribution in [2.24, 2.45) is 0 Å². The molecule has 0 radical (unpaired) electrons. The molecule has 1 heterocycles. The molecule has 0 bridgehead atoms. The molecule has 0 aromatic heterocycles. The summed E-state index contributed by atoms with van der Waals surface area (Å²) in [6.07, 6.45) is 0. The predicted molar refractivity (Wildman–Crippen MR) is 97.7 cm³/mol. The van der Waals surface area contributed by atoms with E-state index in [0.717, 1.165) is 0 Å². The largest absolute Gasteiger partial charge is 0.506 e. The lowest BCUT2D eigenvalue weighted by molar-refractivity contribution is -0.119. The van der Waals surface area contributed by atoms with E-state index >= 15 is 0 Å². The summed E-state index contributed by atoms with van der Waals surface area (Å²) >= 11 is 9.67. The van der Waals surface area contributed by atoms with Crippen LogP contribution in [0.4, 0.5) is 8.78 Å². The van der Waals surface area contributed by atoms with Gasteiger partial charge < -0.3 is 15.5 Å². The van der Waals surface area contributed by atoms with Crippen LogP contribution in [-0.4, -0.2) is 53.8 Å². The highest BCUT2D eigenvalue weighted by atomic mass is 79.9. The standard InChI is InChI=1S/C13H15Br3F2N2O2.ClH/c14-7-5-8(15)11(22)10(16)9(7)12(13(17,18)6-21)20-3-1-19-2-4-20;/h5,12,19,21-22H,1-4,6H2;1H/t12-;/m1./s1. The second-order valence-corrected chi connectivity index (χ2v) is 7.53. The Hall–Kier alpha value is 0.490. The van der Waals surface area contributed by atoms with Gasteiger partial charge in [-0.2, -0.15) is 0 Å². The molecule has 2 rings (SSSR count). The van der Waals surface area contributed by atoms with Gasteiger partial charge in [0.25, 0.3) is 5.92 Å². The number of nitrogens with one attached hydrogen (secondary N) is 1. The van der Waals surface area contributed by atoms with Crippen LogP contribution in [0.1, 0.15) is 11.6 Å². The van der Waals surface area contributed by atoms with Gasteiger partial charge in [-0.15, -0.1) is 12.4 Å². The maximum Gasteiger partial charge on any atom is 0.289 e. The average Bonchev–Trinajstić information content (AvgIpc) is 2.50. The minimum Gasteiger partial charge on any atom is -0.506 e. The van der Waals surface area contributed by atoms with Crippen molar-refractivity contribution in [3.05, 3.63) is 25.0 Å². The number of nitrogens with zero attached hydrogens (tertiary/aromatic N) is 1. The molecule has 10 heteroatoms. The number of aliphatic hydroxyl groups excluding tert-OH is 1. The number of phenols is 1. The first kappa shape index (κ1) is 21.5. The maximum atomic E-state index is 14.4. The molecule has 0 unspecified atom stereocenters. The van der Waals surface area contributed by atoms with Crippen LogP contribution in [0.2, 0.25) is 0 Å². The molecule has 23 heavy (non-hydrogen) atoms. The normalized spacial score (nSPS) is 17.7. The Morgan fingerprint density at radius 2 is 1.78 bits per heavy atom. The minimum absolute atomic E-state index is 0. The lowest BCUT2D eigenvalue weighted by Gasteiger charge is -2.39. The minimum atomic E-state index is -3.34. The summed E-state index contributed by atoms with van der Waals surface area (Å²) < 4.78 is 29.9. The summed E-state index contributed by atoms with van der Waals surface area (Å²) in [4.78, 5) is 1.62. The van der Waals surface area contributed by atoms with Crippen LogP contribution in [-0.2, 0) is 0 Å². The van der Waals surface area contributed by atoms with Gasteiger partial charge in [0.1, 0.15) is 18.4 Å². The third kappa shape index (κ3) is 4.56. The molecule has 132 valence electrons. The van der Waals surface area contributed by atoms with Crippen molar-refractivity contribution in [2.45, 2.75) is 12.0 Å². The number of hydrogen-bond acceptors (Lipinski definition) is 4. The third-order valence-corrected chi connectivity index (χ3v) is 5.65. The quantitative estimate of drug-likeness (QED) is 0.541. The van der Waals surface area contributed by atoms with Crippen molar-refractivity contribution >= 4 is 60.2 Å². The highest BCUT2D eigenvalue weighted by Gasteiger charge is 2.46. The molecule has 1 aromatic rings. The number of piperazine rings is 1. The van der Waals surface area contributed by atoms with Gasteiger partial charge >= 0.3 is 0 Å². The van der Waals surface area contributed by atoms with E-state index < -0.39 is 18.6 Å². The highest BCUT2D eigenvalue weighted by Crippen LogP contribution is 2.48. The lowest BCUT2D eigenvalue weighted by Crippen LogP contribution is -2.51. The van der Waals surface area contributed by atoms with Crippen LogP contribution in [0.3, 0.4) is 0 Å². The van der Waals surface area contributed by atoms with Crippen LogP contribution in [0.15, 0.2) is 19.5 Å². The number of alkyl halides is 2. The van der Waals surface area contributed by atoms with Gasteiger partial charge in [0.15, 0.2) is 0 Å². The van der Waals surface area contributed by atoms with Crippen LogP contribution < -0.4 is 5.32 Å². The van der Waals surface area contributed by atoms with Crippen molar-refractivity contribution in [3.63, 3.8) is 0 Å². The Balaban J connectivity index is 0.00000264. The van der Waals surface area contributed by atoms with Crippen LogP contribution in [0.25, 0.3) is 0 Å². The van der Waals surface area contributed by atoms with Gasteiger partial charge in [-0.25, -0.2) is 8.78 Å². The maximum absolute atomic E-state index is 14.4. The first-order valence-corrected chi connectivity index (χ1v) is 8.97. The van der Waals surface area contributed by atoms with Crippen molar-refractivity contribution < 1.29 is 19.0 Å². The summed E-state index contributed by atoms with van der Waals surface area (Å²) in [5.74, 6) is -3.49. The first-order chi connectivity index (χ1) is 10.3. The zero-order valence-electron chi connectivity index (χ0n) is 11.8. The van der Waals surface area contributed by atoms with Gasteiger partial charge in [0, 0.05) is 36.2 Å². The molecule has 0 saturated carbocycles. The topological polar surface area (TPSA) is 55.7 Å². The van der Waals surface area contributed by atoms with Crippen molar-refractivity contribution in [1.29, 1.82) is 0 Å². The Kier molecular flexibility index (Phi) is 8.17. The van der Waals surface area contributed by atoms with E-state index in [2.05, 4.69) is 53.1 Å². The lowest BCUT2D eigenvalue weighted by atomic mass is 9.98. The first-order valence-electron chi connectivity index (χ1n) is 6.59. The van der Waals surface area contributed by atoms with Gasteiger partial charge in [-0.3, -0.25) is 4.90 Å². The molecule has 3 N–H and O–H groups in total. The molecule has 1 saturated heterocycles. The molecule has 1 aliphatic rings. The number of aromatic hydroxyl groups is 1. The molecular formula is C13H16Br3ClF2N2O2. The summed E-state index contributed by atoms with van der Waals surface area (Å²) in [7, 11) is 0. The molecule has 1 atom stereocenters. The molecule has 0 amide bonds. The average molecular weight is 545 g/mol. The van der Waals surface area contributed by atoms with E-state index in [4.69, 9.17) is 5.11 Å². The number of rotatable bonds is 4. The Morgan fingerprint density at radius 1 is 1.22 bits per heavy atom. The van der Waals surface area contributed by atoms with Crippen LogP contribution in [0.5, 0.6) is 5.75 Å². The van der Waals surface area contributed by atoms with Crippen molar-refractivity contribution in [1.82, 2.24) is 10.2 Å². The van der Waals surface area contributed by atoms with Gasteiger partial charge in [0.2, 0.25) is 0 Å². The van der Waals surface area contributed by atoms with E-state index in [1.165, 1.54) is 6.07 Å². The van der Waals surface area contributed by atoms with Gasteiger partial charge in [0.05, 0.1) is 8.95 Å².